The van der Waals surface area contributed by atoms with Gasteiger partial charge in [-0.3, -0.25) is 9.59 Å². The Morgan fingerprint density at radius 2 is 1.93 bits per heavy atom. The van der Waals surface area contributed by atoms with E-state index in [1.807, 2.05) is 0 Å². The van der Waals surface area contributed by atoms with E-state index in [1.54, 1.807) is 5.32 Å². The van der Waals surface area contributed by atoms with Crippen LogP contribution in [-0.4, -0.2) is 31.2 Å². The summed E-state index contributed by atoms with van der Waals surface area (Å²) in [6, 6.07) is -2.19. The van der Waals surface area contributed by atoms with Gasteiger partial charge in [-0.2, -0.15) is 13.2 Å². The third kappa shape index (κ3) is 4.68. The summed E-state index contributed by atoms with van der Waals surface area (Å²) in [5.74, 6) is -1.88. The molecule has 1 atom stereocenters. The van der Waals surface area contributed by atoms with E-state index in [-0.39, 0.29) is 0 Å². The van der Waals surface area contributed by atoms with Crippen LogP contribution in [0.1, 0.15) is 13.3 Å². The molecule has 0 aromatic rings. The molecule has 14 heavy (non-hydrogen) atoms. The smallest absolute Gasteiger partial charge is 0.409 e. The molecule has 0 aliphatic rings. The lowest BCUT2D eigenvalue weighted by molar-refractivity contribution is -0.170. The largest absolute Gasteiger partial charge is 0.469 e. The van der Waals surface area contributed by atoms with Crippen molar-refractivity contribution in [3.8, 4) is 0 Å². The SMILES string of the molecule is COC(=O)C[C@@H](NC(C)=O)C(F)(F)F. The van der Waals surface area contributed by atoms with Crippen LogP contribution in [0.4, 0.5) is 13.2 Å². The first-order valence-electron chi connectivity index (χ1n) is 3.68. The van der Waals surface area contributed by atoms with Gasteiger partial charge < -0.3 is 10.1 Å². The van der Waals surface area contributed by atoms with Crippen LogP contribution in [0.15, 0.2) is 0 Å². The van der Waals surface area contributed by atoms with Crippen LogP contribution in [0.5, 0.6) is 0 Å². The molecule has 1 N–H and O–H groups in total. The number of carbonyl (C=O) groups excluding carboxylic acids is 2. The minimum Gasteiger partial charge on any atom is -0.469 e. The average molecular weight is 213 g/mol. The predicted octanol–water partition coefficient (Wildman–Crippen LogP) is 0.616. The number of amides is 1. The average Bonchev–Trinajstić information content (AvgIpc) is 2.00. The normalized spacial score (nSPS) is 13.2. The first-order chi connectivity index (χ1) is 6.27. The Hall–Kier alpha value is -1.27. The Labute approximate surface area is 78.4 Å². The maximum Gasteiger partial charge on any atom is 0.409 e. The molecule has 0 aromatic heterocycles. The van der Waals surface area contributed by atoms with Crippen molar-refractivity contribution in [2.45, 2.75) is 25.6 Å². The minimum absolute atomic E-state index is 0.851. The van der Waals surface area contributed by atoms with Gasteiger partial charge in [0, 0.05) is 6.92 Å². The van der Waals surface area contributed by atoms with Gasteiger partial charge >= 0.3 is 12.1 Å². The number of carbonyl (C=O) groups is 2. The summed E-state index contributed by atoms with van der Waals surface area (Å²) in [5.41, 5.74) is 0. The van der Waals surface area contributed by atoms with Gasteiger partial charge in [-0.1, -0.05) is 0 Å². The van der Waals surface area contributed by atoms with Gasteiger partial charge in [0.1, 0.15) is 6.04 Å². The second-order valence-corrected chi connectivity index (χ2v) is 2.57. The molecule has 1 amide bonds. The lowest BCUT2D eigenvalue weighted by Crippen LogP contribution is -2.45. The zero-order chi connectivity index (χ0) is 11.4. The number of hydrogen-bond donors (Lipinski definition) is 1. The van der Waals surface area contributed by atoms with E-state index in [1.165, 1.54) is 0 Å². The highest BCUT2D eigenvalue weighted by Gasteiger charge is 2.41. The molecule has 0 aromatic carbocycles. The number of rotatable bonds is 3. The lowest BCUT2D eigenvalue weighted by Gasteiger charge is -2.19. The van der Waals surface area contributed by atoms with Crippen LogP contribution < -0.4 is 5.32 Å². The van der Waals surface area contributed by atoms with Crippen LogP contribution in [-0.2, 0) is 14.3 Å². The highest BCUT2D eigenvalue weighted by atomic mass is 19.4. The fraction of sp³-hybridized carbons (Fsp3) is 0.714. The molecule has 0 saturated carbocycles. The summed E-state index contributed by atoms with van der Waals surface area (Å²) in [7, 11) is 0.976. The minimum atomic E-state index is -4.65. The molecule has 0 saturated heterocycles. The van der Waals surface area contributed by atoms with E-state index in [0.717, 1.165) is 14.0 Å². The molecule has 0 heterocycles. The zero-order valence-electron chi connectivity index (χ0n) is 7.64. The third-order valence-electron chi connectivity index (χ3n) is 1.37. The van der Waals surface area contributed by atoms with Gasteiger partial charge in [-0.05, 0) is 0 Å². The maximum atomic E-state index is 12.2. The molecular formula is C7H10F3NO3. The van der Waals surface area contributed by atoms with E-state index in [2.05, 4.69) is 4.74 Å². The van der Waals surface area contributed by atoms with E-state index in [4.69, 9.17) is 0 Å². The second kappa shape index (κ2) is 4.83. The Morgan fingerprint density at radius 1 is 1.43 bits per heavy atom. The maximum absolute atomic E-state index is 12.2. The first-order valence-corrected chi connectivity index (χ1v) is 3.68. The van der Waals surface area contributed by atoms with Crippen molar-refractivity contribution < 1.29 is 27.5 Å². The van der Waals surface area contributed by atoms with Crippen LogP contribution in [0.3, 0.4) is 0 Å². The van der Waals surface area contributed by atoms with E-state index < -0.39 is 30.5 Å². The molecule has 0 spiro atoms. The van der Waals surface area contributed by atoms with Crippen LogP contribution >= 0.6 is 0 Å². The molecule has 0 bridgehead atoms. The van der Waals surface area contributed by atoms with Crippen molar-refractivity contribution in [1.29, 1.82) is 0 Å². The quantitative estimate of drug-likeness (QED) is 0.699. The van der Waals surface area contributed by atoms with Crippen LogP contribution in [0.25, 0.3) is 0 Å². The molecule has 82 valence electrons. The van der Waals surface area contributed by atoms with Gasteiger partial charge in [0.15, 0.2) is 0 Å². The van der Waals surface area contributed by atoms with E-state index >= 15 is 0 Å². The molecule has 0 unspecified atom stereocenters. The molecule has 0 aliphatic heterocycles. The van der Waals surface area contributed by atoms with Gasteiger partial charge in [0.05, 0.1) is 13.5 Å². The molecule has 4 nitrogen and oxygen atoms in total. The van der Waals surface area contributed by atoms with Gasteiger partial charge in [0.25, 0.3) is 0 Å². The summed E-state index contributed by atoms with van der Waals surface area (Å²) in [4.78, 5) is 21.0. The monoisotopic (exact) mass is 213 g/mol. The number of esters is 1. The molecule has 0 fully saturated rings. The van der Waals surface area contributed by atoms with Crippen molar-refractivity contribution in [3.63, 3.8) is 0 Å². The van der Waals surface area contributed by atoms with Crippen molar-refractivity contribution in [3.05, 3.63) is 0 Å². The first kappa shape index (κ1) is 12.7. The summed E-state index contributed by atoms with van der Waals surface area (Å²) < 4.78 is 40.5. The number of nitrogens with one attached hydrogen (secondary N) is 1. The predicted molar refractivity (Wildman–Crippen MR) is 40.3 cm³/mol. The highest BCUT2D eigenvalue weighted by Crippen LogP contribution is 2.22. The summed E-state index contributed by atoms with van der Waals surface area (Å²) >= 11 is 0. The summed E-state index contributed by atoms with van der Waals surface area (Å²) in [6.07, 6.45) is -5.57. The van der Waals surface area contributed by atoms with Gasteiger partial charge in [-0.25, -0.2) is 0 Å². The number of halogens is 3. The van der Waals surface area contributed by atoms with Gasteiger partial charge in [0.2, 0.25) is 5.91 Å². The highest BCUT2D eigenvalue weighted by molar-refractivity contribution is 5.75. The fourth-order valence-electron chi connectivity index (χ4n) is 0.744. The number of alkyl halides is 3. The third-order valence-corrected chi connectivity index (χ3v) is 1.37. The lowest BCUT2D eigenvalue weighted by atomic mass is 10.2. The zero-order valence-corrected chi connectivity index (χ0v) is 7.64. The van der Waals surface area contributed by atoms with Gasteiger partial charge in [-0.15, -0.1) is 0 Å². The van der Waals surface area contributed by atoms with Crippen molar-refractivity contribution >= 4 is 11.9 Å². The van der Waals surface area contributed by atoms with E-state index in [9.17, 15) is 22.8 Å². The molecule has 0 aliphatic carbocycles. The van der Waals surface area contributed by atoms with Crippen LogP contribution in [0.2, 0.25) is 0 Å². The van der Waals surface area contributed by atoms with Crippen molar-refractivity contribution in [2.24, 2.45) is 0 Å². The fourth-order valence-corrected chi connectivity index (χ4v) is 0.744. The van der Waals surface area contributed by atoms with Crippen LogP contribution in [0, 0.1) is 0 Å². The second-order valence-electron chi connectivity index (χ2n) is 2.57. The molecule has 0 radical (unpaired) electrons. The van der Waals surface area contributed by atoms with E-state index in [0.29, 0.717) is 0 Å². The Bertz CT molecular complexity index is 227. The topological polar surface area (TPSA) is 55.4 Å². The van der Waals surface area contributed by atoms with Crippen molar-refractivity contribution in [2.75, 3.05) is 7.11 Å². The summed E-state index contributed by atoms with van der Waals surface area (Å²) in [5, 5.41) is 1.62. The Morgan fingerprint density at radius 3 is 2.21 bits per heavy atom. The standard InChI is InChI=1S/C7H10F3NO3/c1-4(12)11-5(7(8,9)10)3-6(13)14-2/h5H,3H2,1-2H3,(H,11,12)/t5-/m1/s1. The molecule has 7 heteroatoms. The Balaban J connectivity index is 4.41. The Kier molecular flexibility index (Phi) is 4.39. The number of ether oxygens (including phenoxy) is 1. The molecule has 0 rings (SSSR count). The number of hydrogen-bond acceptors (Lipinski definition) is 3. The van der Waals surface area contributed by atoms with Crippen molar-refractivity contribution in [1.82, 2.24) is 5.32 Å². The molecular weight excluding hydrogens is 203 g/mol. The number of methoxy groups -OCH3 is 1. The summed E-state index contributed by atoms with van der Waals surface area (Å²) in [6.45, 7) is 0.940.